The molecular weight excluding hydrogens is 412 g/mol. The molecule has 2 N–H and O–H groups in total. The van der Waals surface area contributed by atoms with Crippen LogP contribution in [0.2, 0.25) is 0 Å². The Bertz CT molecular complexity index is 1290. The summed E-state index contributed by atoms with van der Waals surface area (Å²) < 4.78 is 1.63. The van der Waals surface area contributed by atoms with E-state index in [1.54, 1.807) is 10.9 Å². The van der Waals surface area contributed by atoms with Crippen molar-refractivity contribution in [3.8, 4) is 17.1 Å². The van der Waals surface area contributed by atoms with Crippen molar-refractivity contribution < 1.29 is 9.59 Å². The zero-order chi connectivity index (χ0) is 21.4. The summed E-state index contributed by atoms with van der Waals surface area (Å²) in [7, 11) is 0. The number of aryl methyl sites for hydroxylation is 1. The largest absolute Gasteiger partial charge is 0.326 e. The van der Waals surface area contributed by atoms with Crippen LogP contribution in [0.3, 0.4) is 0 Å². The summed E-state index contributed by atoms with van der Waals surface area (Å²) in [5, 5.41) is 12.5. The van der Waals surface area contributed by atoms with Crippen LogP contribution in [0.5, 0.6) is 0 Å². The second-order valence-corrected chi connectivity index (χ2v) is 8.01. The van der Waals surface area contributed by atoms with Crippen LogP contribution in [0.25, 0.3) is 17.1 Å². The lowest BCUT2D eigenvalue weighted by molar-refractivity contribution is -0.116. The minimum absolute atomic E-state index is 0.0422. The number of benzene rings is 1. The molecule has 0 spiro atoms. The number of pyridine rings is 1. The quantitative estimate of drug-likeness (QED) is 0.512. The van der Waals surface area contributed by atoms with Gasteiger partial charge < -0.3 is 5.32 Å². The van der Waals surface area contributed by atoms with E-state index < -0.39 is 0 Å². The van der Waals surface area contributed by atoms with E-state index in [9.17, 15) is 9.59 Å². The highest BCUT2D eigenvalue weighted by Gasteiger charge is 2.18. The summed E-state index contributed by atoms with van der Waals surface area (Å²) in [6.45, 7) is 1.83. The number of anilines is 2. The highest BCUT2D eigenvalue weighted by atomic mass is 32.1. The summed E-state index contributed by atoms with van der Waals surface area (Å²) in [5.74, 6) is 0.425. The molecule has 0 saturated carbocycles. The maximum Gasteiger partial charge on any atom is 0.260 e. The third kappa shape index (κ3) is 3.71. The van der Waals surface area contributed by atoms with Gasteiger partial charge in [-0.05, 0) is 43.2 Å². The van der Waals surface area contributed by atoms with Gasteiger partial charge in [0.2, 0.25) is 5.91 Å². The monoisotopic (exact) mass is 430 g/mol. The molecule has 2 amide bonds. The summed E-state index contributed by atoms with van der Waals surface area (Å²) in [6, 6.07) is 11.4. The maximum atomic E-state index is 12.8. The molecule has 0 atom stereocenters. The number of nitrogens with zero attached hydrogens (tertiary/aromatic N) is 4. The van der Waals surface area contributed by atoms with Crippen LogP contribution in [0, 0.1) is 6.92 Å². The molecule has 1 aromatic carbocycles. The Morgan fingerprint density at radius 3 is 2.97 bits per heavy atom. The Morgan fingerprint density at radius 1 is 1.23 bits per heavy atom. The lowest BCUT2D eigenvalue weighted by Gasteiger charge is -2.17. The number of fused-ring (bicyclic) bond motifs is 1. The van der Waals surface area contributed by atoms with Gasteiger partial charge in [-0.2, -0.15) is 5.10 Å². The molecule has 4 heterocycles. The van der Waals surface area contributed by atoms with Gasteiger partial charge in [0.15, 0.2) is 10.9 Å². The first-order valence-corrected chi connectivity index (χ1v) is 10.6. The second kappa shape index (κ2) is 7.77. The van der Waals surface area contributed by atoms with E-state index in [1.165, 1.54) is 17.5 Å². The van der Waals surface area contributed by atoms with E-state index in [4.69, 9.17) is 0 Å². The van der Waals surface area contributed by atoms with Gasteiger partial charge >= 0.3 is 0 Å². The number of rotatable bonds is 4. The summed E-state index contributed by atoms with van der Waals surface area (Å²) in [6.07, 6.45) is 4.41. The molecule has 8 nitrogen and oxygen atoms in total. The zero-order valence-corrected chi connectivity index (χ0v) is 17.4. The molecule has 154 valence electrons. The molecule has 0 saturated heterocycles. The molecule has 9 heteroatoms. The van der Waals surface area contributed by atoms with E-state index in [1.807, 2.05) is 48.7 Å². The van der Waals surface area contributed by atoms with Crippen molar-refractivity contribution in [1.29, 1.82) is 0 Å². The summed E-state index contributed by atoms with van der Waals surface area (Å²) in [5.41, 5.74) is 4.83. The van der Waals surface area contributed by atoms with Gasteiger partial charge in [0.05, 0.1) is 23.1 Å². The zero-order valence-electron chi connectivity index (χ0n) is 16.6. The molecule has 5 rings (SSSR count). The molecular formula is C22H18N6O2S. The van der Waals surface area contributed by atoms with Crippen molar-refractivity contribution in [2.45, 2.75) is 19.8 Å². The van der Waals surface area contributed by atoms with Gasteiger partial charge in [0.25, 0.3) is 5.91 Å². The van der Waals surface area contributed by atoms with Gasteiger partial charge in [-0.25, -0.2) is 14.6 Å². The third-order valence-electron chi connectivity index (χ3n) is 5.14. The van der Waals surface area contributed by atoms with Crippen LogP contribution in [0.15, 0.2) is 54.2 Å². The van der Waals surface area contributed by atoms with E-state index >= 15 is 0 Å². The van der Waals surface area contributed by atoms with Gasteiger partial charge in [-0.1, -0.05) is 12.1 Å². The average molecular weight is 430 g/mol. The first kappa shape index (κ1) is 19.1. The molecule has 31 heavy (non-hydrogen) atoms. The van der Waals surface area contributed by atoms with E-state index in [0.29, 0.717) is 35.0 Å². The fraction of sp³-hybridized carbons (Fsp3) is 0.136. The Kier molecular flexibility index (Phi) is 4.79. The number of hydrogen-bond acceptors (Lipinski definition) is 6. The predicted molar refractivity (Wildman–Crippen MR) is 119 cm³/mol. The molecule has 1 aliphatic rings. The highest BCUT2D eigenvalue weighted by molar-refractivity contribution is 7.14. The SMILES string of the molecule is Cc1c(C(=O)Nc2nc(-c3ccc4c(c3)CCC(=O)N4)cs2)cnn1-c1ccccn1. The van der Waals surface area contributed by atoms with Gasteiger partial charge in [-0.3, -0.25) is 14.9 Å². The highest BCUT2D eigenvalue weighted by Crippen LogP contribution is 2.30. The Balaban J connectivity index is 1.34. The maximum absolute atomic E-state index is 12.8. The number of nitrogens with one attached hydrogen (secondary N) is 2. The molecule has 0 aliphatic carbocycles. The second-order valence-electron chi connectivity index (χ2n) is 7.16. The normalized spacial score (nSPS) is 12.9. The van der Waals surface area contributed by atoms with Crippen molar-refractivity contribution in [2.24, 2.45) is 0 Å². The van der Waals surface area contributed by atoms with E-state index in [0.717, 1.165) is 22.5 Å². The predicted octanol–water partition coefficient (Wildman–Crippen LogP) is 3.84. The van der Waals surface area contributed by atoms with Crippen LogP contribution >= 0.6 is 11.3 Å². The number of carbonyl (C=O) groups is 2. The number of hydrogen-bond donors (Lipinski definition) is 2. The Hall–Kier alpha value is -3.85. The fourth-order valence-corrected chi connectivity index (χ4v) is 4.23. The molecule has 0 bridgehead atoms. The number of carbonyl (C=O) groups excluding carboxylic acids is 2. The molecule has 0 unspecified atom stereocenters. The van der Waals surface area contributed by atoms with Crippen molar-refractivity contribution in [2.75, 3.05) is 10.6 Å². The van der Waals surface area contributed by atoms with Crippen molar-refractivity contribution in [1.82, 2.24) is 19.7 Å². The van der Waals surface area contributed by atoms with Crippen LogP contribution in [0.1, 0.15) is 28.0 Å². The minimum Gasteiger partial charge on any atom is -0.326 e. The number of thiazole rings is 1. The van der Waals surface area contributed by atoms with E-state index in [2.05, 4.69) is 25.7 Å². The van der Waals surface area contributed by atoms with E-state index in [-0.39, 0.29) is 11.8 Å². The average Bonchev–Trinajstić information content (AvgIpc) is 3.40. The number of amides is 2. The van der Waals surface area contributed by atoms with Crippen LogP contribution in [-0.2, 0) is 11.2 Å². The number of aromatic nitrogens is 4. The van der Waals surface area contributed by atoms with Crippen LogP contribution in [-0.4, -0.2) is 31.6 Å². The lowest BCUT2D eigenvalue weighted by atomic mass is 9.99. The summed E-state index contributed by atoms with van der Waals surface area (Å²) in [4.78, 5) is 33.2. The van der Waals surface area contributed by atoms with Crippen molar-refractivity contribution in [3.63, 3.8) is 0 Å². The van der Waals surface area contributed by atoms with Gasteiger partial charge in [0, 0.05) is 29.2 Å². The smallest absolute Gasteiger partial charge is 0.260 e. The van der Waals surface area contributed by atoms with Gasteiger partial charge in [0.1, 0.15) is 0 Å². The molecule has 3 aromatic heterocycles. The first-order valence-electron chi connectivity index (χ1n) is 9.74. The molecule has 4 aromatic rings. The lowest BCUT2D eigenvalue weighted by Crippen LogP contribution is -2.18. The summed E-state index contributed by atoms with van der Waals surface area (Å²) >= 11 is 1.36. The van der Waals surface area contributed by atoms with Crippen LogP contribution < -0.4 is 10.6 Å². The van der Waals surface area contributed by atoms with Crippen molar-refractivity contribution >= 4 is 34.0 Å². The third-order valence-corrected chi connectivity index (χ3v) is 5.90. The van der Waals surface area contributed by atoms with Crippen molar-refractivity contribution in [3.05, 3.63) is 71.0 Å². The standard InChI is InChI=1S/C22H18N6O2S/c1-13-16(11-24-28(13)19-4-2-3-9-23-19)21(30)27-22-26-18(12-31-22)15-5-7-17-14(10-15)6-8-20(29)25-17/h2-5,7,9-12H,6,8H2,1H3,(H,25,29)(H,26,27,30). The fourth-order valence-electron chi connectivity index (χ4n) is 3.51. The Morgan fingerprint density at radius 2 is 2.13 bits per heavy atom. The van der Waals surface area contributed by atoms with Crippen LogP contribution in [0.4, 0.5) is 10.8 Å². The molecule has 1 aliphatic heterocycles. The first-order chi connectivity index (χ1) is 15.1. The topological polar surface area (TPSA) is 102 Å². The molecule has 0 fully saturated rings. The Labute approximate surface area is 182 Å². The molecule has 0 radical (unpaired) electrons. The minimum atomic E-state index is -0.270. The van der Waals surface area contributed by atoms with Gasteiger partial charge in [-0.15, -0.1) is 11.3 Å².